The van der Waals surface area contributed by atoms with Crippen molar-refractivity contribution in [1.82, 2.24) is 9.88 Å². The van der Waals surface area contributed by atoms with Crippen molar-refractivity contribution in [2.75, 3.05) is 25.0 Å². The van der Waals surface area contributed by atoms with E-state index in [-0.39, 0.29) is 25.0 Å². The van der Waals surface area contributed by atoms with Gasteiger partial charge in [0.25, 0.3) is 5.91 Å². The molecule has 2 amide bonds. The van der Waals surface area contributed by atoms with Gasteiger partial charge in [-0.2, -0.15) is 0 Å². The Kier molecular flexibility index (Phi) is 7.87. The molecule has 0 bridgehead atoms. The molecule has 8 heteroatoms. The molecule has 0 aliphatic carbocycles. The summed E-state index contributed by atoms with van der Waals surface area (Å²) < 4.78 is 5.50. The van der Waals surface area contributed by atoms with E-state index in [0.29, 0.717) is 22.4 Å². The van der Waals surface area contributed by atoms with Crippen molar-refractivity contribution in [2.45, 2.75) is 26.7 Å². The number of ether oxygens (including phenoxy) is 1. The predicted octanol–water partition coefficient (Wildman–Crippen LogP) is 3.75. The maximum atomic E-state index is 12.5. The Morgan fingerprint density at radius 1 is 1.31 bits per heavy atom. The number of nitrogens with zero attached hydrogens (tertiary/aromatic N) is 2. The first-order valence-electron chi connectivity index (χ1n) is 8.36. The number of hydrogen-bond acceptors (Lipinski definition) is 5. The molecular formula is C18H22ClN3O3S. The van der Waals surface area contributed by atoms with Crippen molar-refractivity contribution < 1.29 is 14.3 Å². The van der Waals surface area contributed by atoms with E-state index in [2.05, 4.69) is 10.3 Å². The Balaban J connectivity index is 1.90. The quantitative estimate of drug-likeness (QED) is 0.701. The molecule has 1 N–H and O–H groups in total. The van der Waals surface area contributed by atoms with Crippen LogP contribution in [0.2, 0.25) is 5.02 Å². The Hall–Kier alpha value is -2.12. The van der Waals surface area contributed by atoms with E-state index in [0.717, 1.165) is 17.7 Å². The first kappa shape index (κ1) is 20.2. The van der Waals surface area contributed by atoms with Crippen LogP contribution < -0.4 is 10.1 Å². The van der Waals surface area contributed by atoms with E-state index in [1.165, 1.54) is 16.2 Å². The molecule has 0 radical (unpaired) electrons. The van der Waals surface area contributed by atoms with Gasteiger partial charge in [-0.3, -0.25) is 9.59 Å². The van der Waals surface area contributed by atoms with Crippen LogP contribution >= 0.6 is 22.9 Å². The Bertz CT molecular complexity index is 734. The highest BCUT2D eigenvalue weighted by Gasteiger charge is 2.18. The van der Waals surface area contributed by atoms with E-state index in [9.17, 15) is 9.59 Å². The third-order valence-electron chi connectivity index (χ3n) is 3.51. The van der Waals surface area contributed by atoms with Crippen LogP contribution in [0.15, 0.2) is 30.5 Å². The van der Waals surface area contributed by atoms with Crippen LogP contribution in [0.4, 0.5) is 5.13 Å². The second kappa shape index (κ2) is 10.1. The molecule has 0 aliphatic rings. The van der Waals surface area contributed by atoms with E-state index in [1.807, 2.05) is 13.8 Å². The summed E-state index contributed by atoms with van der Waals surface area (Å²) in [5, 5.41) is 3.86. The number of aryl methyl sites for hydroxylation is 1. The smallest absolute Gasteiger partial charge is 0.260 e. The summed E-state index contributed by atoms with van der Waals surface area (Å²) in [5.41, 5.74) is 0. The number of hydrogen-bond donors (Lipinski definition) is 1. The number of benzene rings is 1. The van der Waals surface area contributed by atoms with Crippen molar-refractivity contribution in [3.05, 3.63) is 40.4 Å². The van der Waals surface area contributed by atoms with Crippen LogP contribution in [-0.4, -0.2) is 41.4 Å². The highest BCUT2D eigenvalue weighted by molar-refractivity contribution is 7.15. The molecule has 0 aliphatic heterocycles. The number of carbonyl (C=O) groups is 2. The molecule has 0 unspecified atom stereocenters. The zero-order valence-electron chi connectivity index (χ0n) is 14.8. The van der Waals surface area contributed by atoms with Crippen LogP contribution in [0.1, 0.15) is 24.6 Å². The predicted molar refractivity (Wildman–Crippen MR) is 104 cm³/mol. The molecule has 1 aromatic carbocycles. The monoisotopic (exact) mass is 395 g/mol. The van der Waals surface area contributed by atoms with Gasteiger partial charge < -0.3 is 15.0 Å². The summed E-state index contributed by atoms with van der Waals surface area (Å²) >= 11 is 7.22. The van der Waals surface area contributed by atoms with Gasteiger partial charge in [-0.25, -0.2) is 4.98 Å². The fraction of sp³-hybridized carbons (Fsp3) is 0.389. The first-order chi connectivity index (χ1) is 12.5. The summed E-state index contributed by atoms with van der Waals surface area (Å²) in [4.78, 5) is 31.3. The van der Waals surface area contributed by atoms with Gasteiger partial charge in [-0.05, 0) is 37.6 Å². The summed E-state index contributed by atoms with van der Waals surface area (Å²) in [7, 11) is 0. The van der Waals surface area contributed by atoms with Gasteiger partial charge in [0.1, 0.15) is 12.3 Å². The van der Waals surface area contributed by atoms with Crippen molar-refractivity contribution in [2.24, 2.45) is 0 Å². The molecule has 1 aromatic heterocycles. The maximum Gasteiger partial charge on any atom is 0.260 e. The van der Waals surface area contributed by atoms with E-state index >= 15 is 0 Å². The summed E-state index contributed by atoms with van der Waals surface area (Å²) in [6, 6.07) is 6.78. The van der Waals surface area contributed by atoms with Crippen molar-refractivity contribution in [3.8, 4) is 5.75 Å². The van der Waals surface area contributed by atoms with Gasteiger partial charge in [0, 0.05) is 22.6 Å². The lowest BCUT2D eigenvalue weighted by Gasteiger charge is -2.22. The van der Waals surface area contributed by atoms with Crippen LogP contribution in [0, 0.1) is 6.92 Å². The van der Waals surface area contributed by atoms with Crippen LogP contribution in [0.5, 0.6) is 5.75 Å². The average Bonchev–Trinajstić information content (AvgIpc) is 3.02. The van der Waals surface area contributed by atoms with Crippen molar-refractivity contribution >= 4 is 39.9 Å². The van der Waals surface area contributed by atoms with Gasteiger partial charge in [0.15, 0.2) is 11.7 Å². The molecule has 2 rings (SSSR count). The Morgan fingerprint density at radius 2 is 2.04 bits per heavy atom. The van der Waals surface area contributed by atoms with E-state index in [4.69, 9.17) is 16.3 Å². The number of halogens is 1. The highest BCUT2D eigenvalue weighted by Crippen LogP contribution is 2.17. The number of nitrogens with one attached hydrogen (secondary N) is 1. The van der Waals surface area contributed by atoms with Crippen molar-refractivity contribution in [1.29, 1.82) is 0 Å². The fourth-order valence-electron chi connectivity index (χ4n) is 2.15. The van der Waals surface area contributed by atoms with Crippen LogP contribution in [-0.2, 0) is 9.59 Å². The van der Waals surface area contributed by atoms with Gasteiger partial charge in [-0.1, -0.05) is 24.9 Å². The summed E-state index contributed by atoms with van der Waals surface area (Å²) in [6.45, 7) is 4.30. The largest absolute Gasteiger partial charge is 0.484 e. The van der Waals surface area contributed by atoms with Crippen LogP contribution in [0.25, 0.3) is 0 Å². The zero-order valence-corrected chi connectivity index (χ0v) is 16.4. The highest BCUT2D eigenvalue weighted by atomic mass is 35.5. The molecule has 0 atom stereocenters. The molecule has 1 heterocycles. The summed E-state index contributed by atoms with van der Waals surface area (Å²) in [5.74, 6) is 0.0510. The van der Waals surface area contributed by atoms with Gasteiger partial charge >= 0.3 is 0 Å². The number of carbonyl (C=O) groups excluding carboxylic acids is 2. The third-order valence-corrected chi connectivity index (χ3v) is 4.59. The Morgan fingerprint density at radius 3 is 2.65 bits per heavy atom. The lowest BCUT2D eigenvalue weighted by atomic mass is 10.3. The lowest BCUT2D eigenvalue weighted by molar-refractivity contribution is -0.136. The molecule has 2 aromatic rings. The number of unbranched alkanes of at least 4 members (excludes halogenated alkanes) is 1. The number of rotatable bonds is 9. The maximum absolute atomic E-state index is 12.5. The fourth-order valence-corrected chi connectivity index (χ4v) is 2.96. The minimum absolute atomic E-state index is 0.0264. The van der Waals surface area contributed by atoms with Crippen LogP contribution in [0.3, 0.4) is 0 Å². The molecule has 140 valence electrons. The Labute approximate surface area is 162 Å². The zero-order chi connectivity index (χ0) is 18.9. The molecule has 0 fully saturated rings. The first-order valence-corrected chi connectivity index (χ1v) is 9.55. The van der Waals surface area contributed by atoms with Gasteiger partial charge in [0.2, 0.25) is 5.91 Å². The topological polar surface area (TPSA) is 71.5 Å². The molecule has 0 saturated carbocycles. The minimum Gasteiger partial charge on any atom is -0.484 e. The van der Waals surface area contributed by atoms with Gasteiger partial charge in [-0.15, -0.1) is 11.3 Å². The lowest BCUT2D eigenvalue weighted by Crippen LogP contribution is -2.41. The van der Waals surface area contributed by atoms with E-state index < -0.39 is 0 Å². The van der Waals surface area contributed by atoms with Gasteiger partial charge in [0.05, 0.1) is 0 Å². The number of thiazole rings is 1. The number of anilines is 1. The second-order valence-electron chi connectivity index (χ2n) is 5.74. The van der Waals surface area contributed by atoms with E-state index in [1.54, 1.807) is 30.5 Å². The SMILES string of the molecule is CCCCN(CC(=O)Nc1ncc(C)s1)C(=O)COc1ccc(Cl)cc1. The molecule has 0 spiro atoms. The second-order valence-corrected chi connectivity index (χ2v) is 7.41. The molecule has 0 saturated heterocycles. The molecule has 26 heavy (non-hydrogen) atoms. The third kappa shape index (κ3) is 6.65. The summed E-state index contributed by atoms with van der Waals surface area (Å²) in [6.07, 6.45) is 3.44. The minimum atomic E-state index is -0.268. The number of aromatic nitrogens is 1. The van der Waals surface area contributed by atoms with Crippen molar-refractivity contribution in [3.63, 3.8) is 0 Å². The normalized spacial score (nSPS) is 10.4. The standard InChI is InChI=1S/C18H22ClN3O3S/c1-3-4-9-22(11-16(23)21-18-20-10-13(2)26-18)17(24)12-25-15-7-5-14(19)6-8-15/h5-8,10H,3-4,9,11-12H2,1-2H3,(H,20,21,23). The number of amides is 2. The molecule has 6 nitrogen and oxygen atoms in total. The average molecular weight is 396 g/mol. The molecular weight excluding hydrogens is 374 g/mol.